The number of H-pyrrole nitrogens is 1. The number of ether oxygens (including phenoxy) is 1. The average molecular weight is 375 g/mol. The van der Waals surface area contributed by atoms with Crippen molar-refractivity contribution in [2.75, 3.05) is 0 Å². The zero-order chi connectivity index (χ0) is 19.6. The van der Waals surface area contributed by atoms with Gasteiger partial charge in [0.25, 0.3) is 0 Å². The molecule has 3 rings (SSSR count). The van der Waals surface area contributed by atoms with E-state index in [0.717, 1.165) is 17.8 Å². The van der Waals surface area contributed by atoms with Crippen molar-refractivity contribution in [3.05, 3.63) is 64.9 Å². The first-order chi connectivity index (χ1) is 12.8. The number of benzene rings is 1. The number of hydrogen-bond donors (Lipinski definition) is 2. The molecule has 9 heteroatoms. The molecule has 0 spiro atoms. The van der Waals surface area contributed by atoms with Crippen LogP contribution in [0.4, 0.5) is 13.2 Å². The second kappa shape index (κ2) is 7.10. The smallest absolute Gasteiger partial charge is 0.416 e. The van der Waals surface area contributed by atoms with E-state index >= 15 is 0 Å². The minimum atomic E-state index is -4.50. The van der Waals surface area contributed by atoms with E-state index in [-0.39, 0.29) is 11.6 Å². The molecule has 2 aromatic heterocycles. The topological polar surface area (TPSA) is 89.2 Å². The Morgan fingerprint density at radius 2 is 1.89 bits per heavy atom. The lowest BCUT2D eigenvalue weighted by molar-refractivity contribution is -0.137. The van der Waals surface area contributed by atoms with Crippen LogP contribution in [0.1, 0.15) is 16.8 Å². The summed E-state index contributed by atoms with van der Waals surface area (Å²) in [6, 6.07) is 8.41. The van der Waals surface area contributed by atoms with Crippen LogP contribution in [0.15, 0.2) is 47.7 Å². The molecule has 3 aromatic rings. The summed E-state index contributed by atoms with van der Waals surface area (Å²) in [5.41, 5.74) is 1.93. The molecule has 2 heterocycles. The Labute approximate surface area is 152 Å². The van der Waals surface area contributed by atoms with Crippen LogP contribution in [0, 0.1) is 13.8 Å². The Morgan fingerprint density at radius 1 is 1.11 bits per heavy atom. The summed E-state index contributed by atoms with van der Waals surface area (Å²) in [6.45, 7) is 3.51. The van der Waals surface area contributed by atoms with E-state index in [1.54, 1.807) is 31.3 Å². The van der Waals surface area contributed by atoms with Crippen LogP contribution in [0.5, 0.6) is 11.6 Å². The van der Waals surface area contributed by atoms with Crippen LogP contribution in [-0.2, 0) is 6.18 Å². The van der Waals surface area contributed by atoms with E-state index in [1.165, 1.54) is 6.07 Å². The maximum absolute atomic E-state index is 13.2. The molecule has 1 aromatic carbocycles. The van der Waals surface area contributed by atoms with Crippen molar-refractivity contribution in [3.63, 3.8) is 0 Å². The molecule has 140 valence electrons. The van der Waals surface area contributed by atoms with Crippen molar-refractivity contribution in [1.29, 1.82) is 0 Å². The van der Waals surface area contributed by atoms with Gasteiger partial charge in [-0.05, 0) is 44.2 Å². The van der Waals surface area contributed by atoms with Gasteiger partial charge < -0.3 is 10.6 Å². The lowest BCUT2D eigenvalue weighted by atomic mass is 10.0. The fraction of sp³-hybridized carbons (Fsp3) is 0.167. The number of hydrogen-bond acceptors (Lipinski definition) is 5. The van der Waals surface area contributed by atoms with Gasteiger partial charge in [-0.3, -0.25) is 10.1 Å². The molecule has 0 saturated carbocycles. The number of rotatable bonds is 3. The predicted molar refractivity (Wildman–Crippen MR) is 92.6 cm³/mol. The summed E-state index contributed by atoms with van der Waals surface area (Å²) in [7, 11) is 0. The van der Waals surface area contributed by atoms with Crippen molar-refractivity contribution in [2.45, 2.75) is 20.0 Å². The molecule has 0 aliphatic carbocycles. The normalized spacial score (nSPS) is 12.3. The SMILES string of the molecule is Cc1ccc(-c2ccc(C(F)(F)F)cc2Oc2n[nH]/c(=N\N)cc2C)cn1. The number of aromatic amines is 1. The summed E-state index contributed by atoms with van der Waals surface area (Å²) >= 11 is 0. The number of nitrogens with two attached hydrogens (primary N) is 1. The van der Waals surface area contributed by atoms with E-state index < -0.39 is 11.7 Å². The summed E-state index contributed by atoms with van der Waals surface area (Å²) in [5, 5.41) is 9.99. The molecule has 0 aliphatic rings. The number of aromatic nitrogens is 3. The zero-order valence-electron chi connectivity index (χ0n) is 14.5. The summed E-state index contributed by atoms with van der Waals surface area (Å²) in [6.07, 6.45) is -2.92. The first-order valence-electron chi connectivity index (χ1n) is 7.90. The molecule has 0 radical (unpaired) electrons. The molecule has 0 amide bonds. The molecule has 0 saturated heterocycles. The summed E-state index contributed by atoms with van der Waals surface area (Å²) in [4.78, 5) is 4.19. The van der Waals surface area contributed by atoms with Gasteiger partial charge in [0.1, 0.15) is 5.75 Å². The van der Waals surface area contributed by atoms with Crippen LogP contribution in [0.3, 0.4) is 0 Å². The summed E-state index contributed by atoms with van der Waals surface area (Å²) < 4.78 is 45.2. The van der Waals surface area contributed by atoms with Crippen LogP contribution in [0.25, 0.3) is 11.1 Å². The first-order valence-corrected chi connectivity index (χ1v) is 7.90. The fourth-order valence-electron chi connectivity index (χ4n) is 2.42. The molecule has 0 atom stereocenters. The molecule has 0 bridgehead atoms. The Bertz CT molecular complexity index is 1030. The maximum atomic E-state index is 13.2. The highest BCUT2D eigenvalue weighted by Crippen LogP contribution is 2.38. The van der Waals surface area contributed by atoms with Crippen molar-refractivity contribution in [3.8, 4) is 22.8 Å². The Morgan fingerprint density at radius 3 is 2.48 bits per heavy atom. The lowest BCUT2D eigenvalue weighted by Gasteiger charge is -2.15. The number of aryl methyl sites for hydroxylation is 2. The zero-order valence-corrected chi connectivity index (χ0v) is 14.5. The Hall–Kier alpha value is -3.36. The van der Waals surface area contributed by atoms with Crippen LogP contribution in [0.2, 0.25) is 0 Å². The van der Waals surface area contributed by atoms with Crippen molar-refractivity contribution in [2.24, 2.45) is 10.9 Å². The van der Waals surface area contributed by atoms with Gasteiger partial charge in [0.15, 0.2) is 5.49 Å². The monoisotopic (exact) mass is 375 g/mol. The molecular formula is C18H16F3N5O. The molecule has 6 nitrogen and oxygen atoms in total. The van der Waals surface area contributed by atoms with Gasteiger partial charge in [0.05, 0.1) is 5.56 Å². The second-order valence-electron chi connectivity index (χ2n) is 5.87. The lowest BCUT2D eigenvalue weighted by Crippen LogP contribution is -2.13. The number of nitrogens with zero attached hydrogens (tertiary/aromatic N) is 3. The third-order valence-corrected chi connectivity index (χ3v) is 3.84. The molecule has 0 aliphatic heterocycles. The quantitative estimate of drug-likeness (QED) is 0.540. The van der Waals surface area contributed by atoms with Crippen molar-refractivity contribution in [1.82, 2.24) is 15.2 Å². The van der Waals surface area contributed by atoms with Crippen LogP contribution >= 0.6 is 0 Å². The minimum absolute atomic E-state index is 0.0110. The van der Waals surface area contributed by atoms with E-state index in [9.17, 15) is 13.2 Å². The average Bonchev–Trinajstić information content (AvgIpc) is 2.63. The highest BCUT2D eigenvalue weighted by Gasteiger charge is 2.31. The second-order valence-corrected chi connectivity index (χ2v) is 5.87. The van der Waals surface area contributed by atoms with Gasteiger partial charge in [-0.1, -0.05) is 6.07 Å². The summed E-state index contributed by atoms with van der Waals surface area (Å²) in [5.74, 6) is 5.31. The first kappa shape index (κ1) is 18.4. The van der Waals surface area contributed by atoms with Crippen LogP contribution < -0.4 is 16.1 Å². The van der Waals surface area contributed by atoms with Gasteiger partial charge in [-0.25, -0.2) is 0 Å². The molecule has 0 unspecified atom stereocenters. The van der Waals surface area contributed by atoms with E-state index in [4.69, 9.17) is 10.6 Å². The van der Waals surface area contributed by atoms with Crippen LogP contribution in [-0.4, -0.2) is 15.2 Å². The number of alkyl halides is 3. The van der Waals surface area contributed by atoms with E-state index in [1.807, 2.05) is 6.92 Å². The van der Waals surface area contributed by atoms with Gasteiger partial charge in [0, 0.05) is 28.6 Å². The van der Waals surface area contributed by atoms with Gasteiger partial charge >= 0.3 is 6.18 Å². The fourth-order valence-corrected chi connectivity index (χ4v) is 2.42. The Balaban J connectivity index is 2.11. The van der Waals surface area contributed by atoms with Gasteiger partial charge in [-0.2, -0.15) is 18.3 Å². The van der Waals surface area contributed by atoms with Gasteiger partial charge in [0.2, 0.25) is 5.88 Å². The molecule has 27 heavy (non-hydrogen) atoms. The minimum Gasteiger partial charge on any atom is -0.437 e. The van der Waals surface area contributed by atoms with Gasteiger partial charge in [-0.15, -0.1) is 5.10 Å². The molecule has 3 N–H and O–H groups in total. The highest BCUT2D eigenvalue weighted by molar-refractivity contribution is 5.71. The van der Waals surface area contributed by atoms with Crippen molar-refractivity contribution >= 4 is 0 Å². The number of pyridine rings is 1. The highest BCUT2D eigenvalue weighted by atomic mass is 19.4. The maximum Gasteiger partial charge on any atom is 0.416 e. The third-order valence-electron chi connectivity index (χ3n) is 3.84. The Kier molecular flexibility index (Phi) is 4.85. The predicted octanol–water partition coefficient (Wildman–Crippen LogP) is 3.67. The standard InChI is InChI=1S/C18H16F3N5O/c1-10-7-16(24-22)25-26-17(10)27-15-8-13(18(19,20)21)5-6-14(15)12-4-3-11(2)23-9-12/h3-9H,22H2,1-2H3,(H,24,25). The van der Waals surface area contributed by atoms with E-state index in [0.29, 0.717) is 22.2 Å². The molecular weight excluding hydrogens is 359 g/mol. The number of halogens is 3. The number of nitrogens with one attached hydrogen (secondary N) is 1. The van der Waals surface area contributed by atoms with E-state index in [2.05, 4.69) is 20.3 Å². The largest absolute Gasteiger partial charge is 0.437 e. The molecule has 0 fully saturated rings. The third kappa shape index (κ3) is 4.08. The van der Waals surface area contributed by atoms with Crippen molar-refractivity contribution < 1.29 is 17.9 Å².